The second-order valence-corrected chi connectivity index (χ2v) is 6.09. The summed E-state index contributed by atoms with van der Waals surface area (Å²) >= 11 is 0. The monoisotopic (exact) mass is 327 g/mol. The molecule has 126 valence electrons. The maximum Gasteiger partial charge on any atom is 0.269 e. The molecule has 0 bridgehead atoms. The van der Waals surface area contributed by atoms with Crippen molar-refractivity contribution in [3.8, 4) is 5.75 Å². The van der Waals surface area contributed by atoms with Crippen LogP contribution in [-0.2, 0) is 6.54 Å². The van der Waals surface area contributed by atoms with Gasteiger partial charge in [-0.2, -0.15) is 0 Å². The van der Waals surface area contributed by atoms with Crippen LogP contribution in [0.4, 0.5) is 11.4 Å². The zero-order valence-corrected chi connectivity index (χ0v) is 13.4. The quantitative estimate of drug-likeness (QED) is 0.518. The Hall–Kier alpha value is -2.60. The molecule has 2 aromatic carbocycles. The SMILES string of the molecule is Nc1cccc(CN2CCC(Oc3ccc([N+](=O)[O-])cc3)CC2)c1. The van der Waals surface area contributed by atoms with Gasteiger partial charge in [0.05, 0.1) is 4.92 Å². The van der Waals surface area contributed by atoms with Crippen LogP contribution in [0.15, 0.2) is 48.5 Å². The molecule has 1 saturated heterocycles. The van der Waals surface area contributed by atoms with Gasteiger partial charge in [0.1, 0.15) is 11.9 Å². The Balaban J connectivity index is 1.49. The van der Waals surface area contributed by atoms with Crippen LogP contribution in [0, 0.1) is 10.1 Å². The molecule has 6 heteroatoms. The number of anilines is 1. The molecule has 1 heterocycles. The Bertz CT molecular complexity index is 695. The van der Waals surface area contributed by atoms with Gasteiger partial charge >= 0.3 is 0 Å². The van der Waals surface area contributed by atoms with E-state index >= 15 is 0 Å². The van der Waals surface area contributed by atoms with E-state index in [-0.39, 0.29) is 11.8 Å². The summed E-state index contributed by atoms with van der Waals surface area (Å²) in [5, 5.41) is 10.7. The highest BCUT2D eigenvalue weighted by atomic mass is 16.6. The number of likely N-dealkylation sites (tertiary alicyclic amines) is 1. The largest absolute Gasteiger partial charge is 0.490 e. The van der Waals surface area contributed by atoms with Crippen LogP contribution >= 0.6 is 0 Å². The van der Waals surface area contributed by atoms with Crippen molar-refractivity contribution >= 4 is 11.4 Å². The van der Waals surface area contributed by atoms with Crippen molar-refractivity contribution < 1.29 is 9.66 Å². The number of nitrogen functional groups attached to an aromatic ring is 1. The third-order valence-corrected chi connectivity index (χ3v) is 4.24. The molecule has 6 nitrogen and oxygen atoms in total. The third kappa shape index (κ3) is 4.23. The normalized spacial score (nSPS) is 16.0. The maximum atomic E-state index is 10.7. The molecule has 2 N–H and O–H groups in total. The average molecular weight is 327 g/mol. The Labute approximate surface area is 141 Å². The van der Waals surface area contributed by atoms with Crippen LogP contribution in [0.2, 0.25) is 0 Å². The first kappa shape index (κ1) is 16.3. The molecule has 0 unspecified atom stereocenters. The number of rotatable bonds is 5. The summed E-state index contributed by atoms with van der Waals surface area (Å²) < 4.78 is 5.94. The molecule has 0 atom stereocenters. The second kappa shape index (κ2) is 7.31. The molecule has 1 fully saturated rings. The molecular weight excluding hydrogens is 306 g/mol. The zero-order valence-electron chi connectivity index (χ0n) is 13.4. The first-order valence-electron chi connectivity index (χ1n) is 8.08. The van der Waals surface area contributed by atoms with Crippen LogP contribution in [0.5, 0.6) is 5.75 Å². The van der Waals surface area contributed by atoms with Gasteiger partial charge in [-0.3, -0.25) is 15.0 Å². The Kier molecular flexibility index (Phi) is 4.96. The minimum absolute atomic E-state index is 0.0827. The summed E-state index contributed by atoms with van der Waals surface area (Å²) in [5.41, 5.74) is 7.92. The van der Waals surface area contributed by atoms with Gasteiger partial charge in [0.15, 0.2) is 0 Å². The number of ether oxygens (including phenoxy) is 1. The minimum atomic E-state index is -0.404. The van der Waals surface area contributed by atoms with Gasteiger partial charge < -0.3 is 10.5 Å². The molecule has 0 saturated carbocycles. The lowest BCUT2D eigenvalue weighted by Gasteiger charge is -2.32. The fraction of sp³-hybridized carbons (Fsp3) is 0.333. The third-order valence-electron chi connectivity index (χ3n) is 4.24. The second-order valence-electron chi connectivity index (χ2n) is 6.09. The highest BCUT2D eigenvalue weighted by Crippen LogP contribution is 2.22. The van der Waals surface area contributed by atoms with Crippen LogP contribution in [0.25, 0.3) is 0 Å². The fourth-order valence-electron chi connectivity index (χ4n) is 2.97. The Morgan fingerprint density at radius 1 is 1.17 bits per heavy atom. The highest BCUT2D eigenvalue weighted by Gasteiger charge is 2.20. The van der Waals surface area contributed by atoms with E-state index in [2.05, 4.69) is 11.0 Å². The lowest BCUT2D eigenvalue weighted by Crippen LogP contribution is -2.37. The van der Waals surface area contributed by atoms with E-state index in [4.69, 9.17) is 10.5 Å². The summed E-state index contributed by atoms with van der Waals surface area (Å²) in [4.78, 5) is 12.6. The number of nitrogens with two attached hydrogens (primary N) is 1. The molecule has 0 aromatic heterocycles. The van der Waals surface area contributed by atoms with E-state index in [1.165, 1.54) is 17.7 Å². The van der Waals surface area contributed by atoms with Gasteiger partial charge in [-0.05, 0) is 42.7 Å². The van der Waals surface area contributed by atoms with Crippen LogP contribution in [-0.4, -0.2) is 29.0 Å². The predicted octanol–water partition coefficient (Wildman–Crippen LogP) is 3.22. The first-order chi connectivity index (χ1) is 11.6. The van der Waals surface area contributed by atoms with Crippen molar-refractivity contribution in [2.45, 2.75) is 25.5 Å². The molecule has 24 heavy (non-hydrogen) atoms. The summed E-state index contributed by atoms with van der Waals surface area (Å²) in [6, 6.07) is 14.3. The number of nitrogens with zero attached hydrogens (tertiary/aromatic N) is 2. The molecule has 0 radical (unpaired) electrons. The Morgan fingerprint density at radius 2 is 1.88 bits per heavy atom. The van der Waals surface area contributed by atoms with E-state index in [1.807, 2.05) is 18.2 Å². The predicted molar refractivity (Wildman–Crippen MR) is 92.9 cm³/mol. The zero-order chi connectivity index (χ0) is 16.9. The topological polar surface area (TPSA) is 81.6 Å². The van der Waals surface area contributed by atoms with E-state index in [9.17, 15) is 10.1 Å². The summed E-state index contributed by atoms with van der Waals surface area (Å²) in [7, 11) is 0. The molecule has 2 aromatic rings. The molecule has 1 aliphatic heterocycles. The first-order valence-corrected chi connectivity index (χ1v) is 8.08. The van der Waals surface area contributed by atoms with Crippen molar-refractivity contribution in [1.29, 1.82) is 0 Å². The number of hydrogen-bond donors (Lipinski definition) is 1. The van der Waals surface area contributed by atoms with E-state index in [1.54, 1.807) is 12.1 Å². The number of nitro groups is 1. The van der Waals surface area contributed by atoms with Gasteiger partial charge in [-0.25, -0.2) is 0 Å². The minimum Gasteiger partial charge on any atom is -0.490 e. The van der Waals surface area contributed by atoms with Crippen molar-refractivity contribution in [1.82, 2.24) is 4.90 Å². The standard InChI is InChI=1S/C18H21N3O3/c19-15-3-1-2-14(12-15)13-20-10-8-18(9-11-20)24-17-6-4-16(5-7-17)21(22)23/h1-7,12,18H,8-11,13,19H2. The van der Waals surface area contributed by atoms with Gasteiger partial charge in [0.25, 0.3) is 5.69 Å². The van der Waals surface area contributed by atoms with Crippen LogP contribution < -0.4 is 10.5 Å². The van der Waals surface area contributed by atoms with E-state index < -0.39 is 4.92 Å². The Morgan fingerprint density at radius 3 is 2.50 bits per heavy atom. The molecule has 0 aliphatic carbocycles. The number of piperidine rings is 1. The number of nitro benzene ring substituents is 1. The van der Waals surface area contributed by atoms with E-state index in [0.29, 0.717) is 5.75 Å². The average Bonchev–Trinajstić information content (AvgIpc) is 2.57. The van der Waals surface area contributed by atoms with E-state index in [0.717, 1.165) is 38.2 Å². The summed E-state index contributed by atoms with van der Waals surface area (Å²) in [6.07, 6.45) is 2.04. The fourth-order valence-corrected chi connectivity index (χ4v) is 2.97. The number of benzene rings is 2. The lowest BCUT2D eigenvalue weighted by molar-refractivity contribution is -0.384. The van der Waals surface area contributed by atoms with Crippen molar-refractivity contribution in [2.75, 3.05) is 18.8 Å². The van der Waals surface area contributed by atoms with Crippen LogP contribution in [0.1, 0.15) is 18.4 Å². The number of hydrogen-bond acceptors (Lipinski definition) is 5. The maximum absolute atomic E-state index is 10.7. The molecular formula is C18H21N3O3. The number of non-ortho nitro benzene ring substituents is 1. The molecule has 3 rings (SSSR count). The molecule has 1 aliphatic rings. The van der Waals surface area contributed by atoms with Crippen LogP contribution in [0.3, 0.4) is 0 Å². The van der Waals surface area contributed by atoms with Gasteiger partial charge in [0, 0.05) is 37.5 Å². The molecule has 0 amide bonds. The van der Waals surface area contributed by atoms with Gasteiger partial charge in [-0.1, -0.05) is 12.1 Å². The van der Waals surface area contributed by atoms with Crippen molar-refractivity contribution in [2.24, 2.45) is 0 Å². The smallest absolute Gasteiger partial charge is 0.269 e. The summed E-state index contributed by atoms with van der Waals surface area (Å²) in [6.45, 7) is 2.83. The molecule has 0 spiro atoms. The lowest BCUT2D eigenvalue weighted by atomic mass is 10.1. The summed E-state index contributed by atoms with van der Waals surface area (Å²) in [5.74, 6) is 0.690. The highest BCUT2D eigenvalue weighted by molar-refractivity contribution is 5.40. The van der Waals surface area contributed by atoms with Gasteiger partial charge in [0.2, 0.25) is 0 Å². The van der Waals surface area contributed by atoms with Crippen molar-refractivity contribution in [3.05, 3.63) is 64.2 Å². The van der Waals surface area contributed by atoms with Crippen molar-refractivity contribution in [3.63, 3.8) is 0 Å². The van der Waals surface area contributed by atoms with Gasteiger partial charge in [-0.15, -0.1) is 0 Å².